The zero-order valence-electron chi connectivity index (χ0n) is 4.21. The van der Waals surface area contributed by atoms with Crippen molar-refractivity contribution in [3.05, 3.63) is 36.8 Å². The van der Waals surface area contributed by atoms with Gasteiger partial charge in [-0.1, -0.05) is 6.07 Å². The first-order valence-corrected chi connectivity index (χ1v) is 2.28. The Labute approximate surface area is 47.2 Å². The molecule has 0 fully saturated rings. The summed E-state index contributed by atoms with van der Waals surface area (Å²) in [6.07, 6.45) is 1.55. The summed E-state index contributed by atoms with van der Waals surface area (Å²) in [5, 5.41) is 0. The number of aromatic nitrogens is 1. The molecule has 1 nitrogen and oxygen atoms in total. The molecule has 1 aromatic heterocycles. The number of pyridine rings is 1. The molecule has 0 bridgehead atoms. The Hall–Kier alpha value is -0.920. The molecule has 1 aromatic rings. The Bertz CT molecular complexity index is 150. The van der Waals surface area contributed by atoms with Crippen LogP contribution in [0.15, 0.2) is 24.4 Å². The standard InChI is InChI=1S/C6H5FN/c7-5-6-3-1-2-4-8-6/h1-5H. The van der Waals surface area contributed by atoms with Crippen molar-refractivity contribution in [1.82, 2.24) is 4.98 Å². The Morgan fingerprint density at radius 3 is 2.75 bits per heavy atom. The third kappa shape index (κ3) is 1.03. The lowest BCUT2D eigenvalue weighted by molar-refractivity contribution is 0.637. The fraction of sp³-hybridized carbons (Fsp3) is 0. The third-order valence-electron chi connectivity index (χ3n) is 0.800. The number of hydrogen-bond acceptors (Lipinski definition) is 1. The SMILES string of the molecule is F[CH]c1ccccn1. The van der Waals surface area contributed by atoms with Gasteiger partial charge in [0.25, 0.3) is 0 Å². The lowest BCUT2D eigenvalue weighted by atomic mass is 10.4. The molecule has 0 atom stereocenters. The van der Waals surface area contributed by atoms with E-state index in [-0.39, 0.29) is 0 Å². The Morgan fingerprint density at radius 1 is 1.50 bits per heavy atom. The lowest BCUT2D eigenvalue weighted by Gasteiger charge is -1.85. The predicted octanol–water partition coefficient (Wildman–Crippen LogP) is 1.56. The second kappa shape index (κ2) is 2.40. The number of hydrogen-bond donors (Lipinski definition) is 0. The molecule has 1 radical (unpaired) electrons. The molecule has 0 aliphatic heterocycles. The third-order valence-corrected chi connectivity index (χ3v) is 0.800. The van der Waals surface area contributed by atoms with Crippen molar-refractivity contribution in [2.75, 3.05) is 0 Å². The summed E-state index contributed by atoms with van der Waals surface area (Å²) < 4.78 is 11.5. The molecule has 0 aromatic carbocycles. The molecule has 2 heteroatoms. The fourth-order valence-corrected chi connectivity index (χ4v) is 0.441. The molecular formula is C6H5FN. The van der Waals surface area contributed by atoms with E-state index in [4.69, 9.17) is 0 Å². The maximum Gasteiger partial charge on any atom is 0.179 e. The van der Waals surface area contributed by atoms with Crippen LogP contribution in [0, 0.1) is 6.67 Å². The van der Waals surface area contributed by atoms with E-state index in [0.29, 0.717) is 12.4 Å². The van der Waals surface area contributed by atoms with Crippen molar-refractivity contribution in [2.24, 2.45) is 0 Å². The van der Waals surface area contributed by atoms with Gasteiger partial charge in [-0.25, -0.2) is 4.39 Å². The van der Waals surface area contributed by atoms with Gasteiger partial charge in [-0.2, -0.15) is 0 Å². The number of halogens is 1. The van der Waals surface area contributed by atoms with E-state index in [1.54, 1.807) is 24.4 Å². The van der Waals surface area contributed by atoms with E-state index >= 15 is 0 Å². The van der Waals surface area contributed by atoms with Gasteiger partial charge in [-0.3, -0.25) is 4.98 Å². The average molecular weight is 110 g/mol. The Morgan fingerprint density at radius 2 is 2.38 bits per heavy atom. The number of rotatable bonds is 1. The van der Waals surface area contributed by atoms with Crippen LogP contribution in [0.25, 0.3) is 0 Å². The van der Waals surface area contributed by atoms with Gasteiger partial charge in [0.05, 0.1) is 5.69 Å². The zero-order valence-corrected chi connectivity index (χ0v) is 4.21. The van der Waals surface area contributed by atoms with E-state index in [0.717, 1.165) is 0 Å². The molecule has 0 amide bonds. The summed E-state index contributed by atoms with van der Waals surface area (Å²) in [5.74, 6) is 0. The molecule has 0 N–H and O–H groups in total. The maximum atomic E-state index is 11.5. The largest absolute Gasteiger partial charge is 0.258 e. The van der Waals surface area contributed by atoms with E-state index in [1.807, 2.05) is 0 Å². The summed E-state index contributed by atoms with van der Waals surface area (Å²) >= 11 is 0. The van der Waals surface area contributed by atoms with Gasteiger partial charge in [0.2, 0.25) is 0 Å². The normalized spacial score (nSPS) is 9.12. The van der Waals surface area contributed by atoms with Crippen LogP contribution in [0.5, 0.6) is 0 Å². The first kappa shape index (κ1) is 5.22. The molecular weight excluding hydrogens is 105 g/mol. The highest BCUT2D eigenvalue weighted by Crippen LogP contribution is 1.95. The molecule has 0 spiro atoms. The molecule has 0 saturated heterocycles. The molecule has 0 aliphatic carbocycles. The lowest BCUT2D eigenvalue weighted by Crippen LogP contribution is -1.77. The highest BCUT2D eigenvalue weighted by molar-refractivity contribution is 5.08. The monoisotopic (exact) mass is 110 g/mol. The van der Waals surface area contributed by atoms with Crippen LogP contribution in [0.3, 0.4) is 0 Å². The van der Waals surface area contributed by atoms with Gasteiger partial charge >= 0.3 is 0 Å². The minimum atomic E-state index is 0.368. The van der Waals surface area contributed by atoms with Gasteiger partial charge in [0.1, 0.15) is 0 Å². The van der Waals surface area contributed by atoms with E-state index < -0.39 is 0 Å². The molecule has 41 valence electrons. The molecule has 8 heavy (non-hydrogen) atoms. The van der Waals surface area contributed by atoms with Crippen molar-refractivity contribution >= 4 is 0 Å². The summed E-state index contributed by atoms with van der Waals surface area (Å²) in [6.45, 7) is 0.472. The van der Waals surface area contributed by atoms with Crippen LogP contribution in [0.4, 0.5) is 4.39 Å². The smallest absolute Gasteiger partial charge is 0.179 e. The first-order chi connectivity index (χ1) is 3.93. The van der Waals surface area contributed by atoms with Crippen molar-refractivity contribution in [2.45, 2.75) is 0 Å². The molecule has 0 aliphatic rings. The molecule has 1 heterocycles. The van der Waals surface area contributed by atoms with Crippen molar-refractivity contribution in [3.63, 3.8) is 0 Å². The van der Waals surface area contributed by atoms with Crippen molar-refractivity contribution in [3.8, 4) is 0 Å². The van der Waals surface area contributed by atoms with E-state index in [1.165, 1.54) is 0 Å². The zero-order chi connectivity index (χ0) is 5.82. The number of nitrogens with zero attached hydrogens (tertiary/aromatic N) is 1. The van der Waals surface area contributed by atoms with E-state index in [9.17, 15) is 4.39 Å². The van der Waals surface area contributed by atoms with Crippen LogP contribution < -0.4 is 0 Å². The Balaban J connectivity index is 2.83. The highest BCUT2D eigenvalue weighted by atomic mass is 19.1. The topological polar surface area (TPSA) is 12.9 Å². The summed E-state index contributed by atoms with van der Waals surface area (Å²) in [7, 11) is 0. The summed E-state index contributed by atoms with van der Waals surface area (Å²) in [6, 6.07) is 5.07. The predicted molar refractivity (Wildman–Crippen MR) is 28.7 cm³/mol. The highest BCUT2D eigenvalue weighted by Gasteiger charge is 1.86. The molecule has 0 unspecified atom stereocenters. The van der Waals surface area contributed by atoms with Crippen LogP contribution in [-0.4, -0.2) is 4.98 Å². The quantitative estimate of drug-likeness (QED) is 0.534. The summed E-state index contributed by atoms with van der Waals surface area (Å²) in [5.41, 5.74) is 0.368. The van der Waals surface area contributed by atoms with Gasteiger partial charge < -0.3 is 0 Å². The average Bonchev–Trinajstić information content (AvgIpc) is 1.90. The second-order valence-corrected chi connectivity index (χ2v) is 1.36. The van der Waals surface area contributed by atoms with Crippen LogP contribution in [0.1, 0.15) is 5.69 Å². The second-order valence-electron chi connectivity index (χ2n) is 1.36. The van der Waals surface area contributed by atoms with Crippen molar-refractivity contribution < 1.29 is 4.39 Å². The van der Waals surface area contributed by atoms with Gasteiger partial charge in [-0.05, 0) is 12.1 Å². The van der Waals surface area contributed by atoms with Crippen LogP contribution >= 0.6 is 0 Å². The molecule has 0 saturated carbocycles. The van der Waals surface area contributed by atoms with Crippen molar-refractivity contribution in [1.29, 1.82) is 0 Å². The van der Waals surface area contributed by atoms with Gasteiger partial charge in [0.15, 0.2) is 6.67 Å². The minimum absolute atomic E-state index is 0.368. The van der Waals surface area contributed by atoms with Gasteiger partial charge in [-0.15, -0.1) is 0 Å². The van der Waals surface area contributed by atoms with Crippen LogP contribution in [-0.2, 0) is 0 Å². The van der Waals surface area contributed by atoms with Crippen LogP contribution in [0.2, 0.25) is 0 Å². The van der Waals surface area contributed by atoms with Gasteiger partial charge in [0, 0.05) is 6.20 Å². The van der Waals surface area contributed by atoms with E-state index in [2.05, 4.69) is 4.98 Å². The maximum absolute atomic E-state index is 11.5. The summed E-state index contributed by atoms with van der Waals surface area (Å²) in [4.78, 5) is 3.67. The minimum Gasteiger partial charge on any atom is -0.258 e. The first-order valence-electron chi connectivity index (χ1n) is 2.28. The molecule has 1 rings (SSSR count). The Kier molecular flexibility index (Phi) is 1.57. The fourth-order valence-electron chi connectivity index (χ4n) is 0.441.